The van der Waals surface area contributed by atoms with E-state index in [4.69, 9.17) is 4.74 Å². The number of alkyl halides is 4. The lowest BCUT2D eigenvalue weighted by Crippen LogP contribution is -2.49. The number of benzene rings is 1. The van der Waals surface area contributed by atoms with E-state index in [1.165, 1.54) is 23.4 Å². The highest BCUT2D eigenvalue weighted by molar-refractivity contribution is 5.89. The number of hydrogen-bond acceptors (Lipinski definition) is 7. The minimum Gasteiger partial charge on any atom is -0.479 e. The molecule has 1 fully saturated rings. The molecule has 0 unspecified atom stereocenters. The Bertz CT molecular complexity index is 1470. The second-order valence-electron chi connectivity index (χ2n) is 8.94. The predicted octanol–water partition coefficient (Wildman–Crippen LogP) is 3.64. The molecule has 10 nitrogen and oxygen atoms in total. The van der Waals surface area contributed by atoms with E-state index in [0.29, 0.717) is 35.1 Å². The van der Waals surface area contributed by atoms with Gasteiger partial charge < -0.3 is 15.0 Å². The molecule has 0 aliphatic carbocycles. The van der Waals surface area contributed by atoms with Gasteiger partial charge in [0.05, 0.1) is 25.2 Å². The summed E-state index contributed by atoms with van der Waals surface area (Å²) in [4.78, 5) is 17.4. The molecule has 5 rings (SSSR count). The normalized spacial score (nSPS) is 19.4. The van der Waals surface area contributed by atoms with Crippen LogP contribution in [0.1, 0.15) is 26.3 Å². The van der Waals surface area contributed by atoms with Crippen molar-refractivity contribution in [1.29, 1.82) is 0 Å². The van der Waals surface area contributed by atoms with Gasteiger partial charge in [0.1, 0.15) is 23.2 Å². The van der Waals surface area contributed by atoms with E-state index in [-0.39, 0.29) is 29.8 Å². The number of hydrogen-bond donors (Lipinski definition) is 1. The van der Waals surface area contributed by atoms with Crippen molar-refractivity contribution in [3.05, 3.63) is 30.5 Å². The van der Waals surface area contributed by atoms with Gasteiger partial charge in [-0.2, -0.15) is 18.2 Å². The maximum atomic E-state index is 14.7. The SMILES string of the molecule is COc1nc(N[C@H]2CCN(C(C)=O)C[C@H]2F)nn2ccc(-c3ccc4nnn([C@@H](C)C(F)(F)F)c4c3)c12. The summed E-state index contributed by atoms with van der Waals surface area (Å²) < 4.78 is 62.6. The van der Waals surface area contributed by atoms with Gasteiger partial charge in [0, 0.05) is 25.2 Å². The fourth-order valence-electron chi connectivity index (χ4n) is 4.48. The number of nitrogens with zero attached hydrogens (tertiary/aromatic N) is 7. The number of likely N-dealkylation sites (tertiary alicyclic amines) is 1. The third-order valence-electron chi connectivity index (χ3n) is 6.60. The van der Waals surface area contributed by atoms with E-state index in [1.807, 2.05) is 0 Å². The zero-order chi connectivity index (χ0) is 26.5. The van der Waals surface area contributed by atoms with E-state index in [0.717, 1.165) is 11.6 Å². The molecule has 196 valence electrons. The van der Waals surface area contributed by atoms with E-state index in [1.54, 1.807) is 30.5 Å². The maximum Gasteiger partial charge on any atom is 0.410 e. The second-order valence-corrected chi connectivity index (χ2v) is 8.94. The number of anilines is 1. The third-order valence-corrected chi connectivity index (χ3v) is 6.60. The Kier molecular flexibility index (Phi) is 6.12. The average Bonchev–Trinajstić information content (AvgIpc) is 3.47. The van der Waals surface area contributed by atoms with Crippen LogP contribution in [-0.2, 0) is 4.79 Å². The Morgan fingerprint density at radius 3 is 2.73 bits per heavy atom. The minimum atomic E-state index is -4.48. The number of rotatable bonds is 5. The molecule has 0 spiro atoms. The van der Waals surface area contributed by atoms with Gasteiger partial charge in [-0.25, -0.2) is 13.6 Å². The molecule has 0 saturated carbocycles. The number of methoxy groups -OCH3 is 1. The molecule has 0 bridgehead atoms. The van der Waals surface area contributed by atoms with Crippen molar-refractivity contribution in [3.63, 3.8) is 0 Å². The quantitative estimate of drug-likeness (QED) is 0.401. The molecule has 1 saturated heterocycles. The Morgan fingerprint density at radius 1 is 1.27 bits per heavy atom. The highest BCUT2D eigenvalue weighted by atomic mass is 19.4. The van der Waals surface area contributed by atoms with Crippen LogP contribution >= 0.6 is 0 Å². The van der Waals surface area contributed by atoms with Crippen molar-refractivity contribution in [2.24, 2.45) is 0 Å². The molecular weight excluding hydrogens is 496 g/mol. The van der Waals surface area contributed by atoms with Gasteiger partial charge in [0.2, 0.25) is 17.7 Å². The van der Waals surface area contributed by atoms with Gasteiger partial charge in [-0.1, -0.05) is 11.3 Å². The van der Waals surface area contributed by atoms with Crippen LogP contribution in [0, 0.1) is 0 Å². The smallest absolute Gasteiger partial charge is 0.410 e. The third kappa shape index (κ3) is 4.51. The highest BCUT2D eigenvalue weighted by Crippen LogP contribution is 2.35. The van der Waals surface area contributed by atoms with Crippen molar-refractivity contribution in [1.82, 2.24) is 34.5 Å². The van der Waals surface area contributed by atoms with Crippen LogP contribution in [0.2, 0.25) is 0 Å². The standard InChI is InChI=1S/C23H24F4N8O2/c1-12(23(25,26)27)35-19-10-14(4-5-18(19)30-32-35)15-6-9-34-20(15)21(37-3)29-22(31-34)28-17-7-8-33(13(2)36)11-16(17)24/h4-6,9-10,12,16-17H,7-8,11H2,1-3H3,(H,28,31)/t12-,16+,17-/m0/s1. The number of ether oxygens (including phenoxy) is 1. The number of piperidine rings is 1. The molecule has 1 aliphatic heterocycles. The van der Waals surface area contributed by atoms with Gasteiger partial charge in [-0.15, -0.1) is 10.2 Å². The summed E-state index contributed by atoms with van der Waals surface area (Å²) in [5, 5.41) is 15.0. The maximum absolute atomic E-state index is 14.7. The molecule has 4 aromatic rings. The Labute approximate surface area is 208 Å². The van der Waals surface area contributed by atoms with Crippen molar-refractivity contribution in [3.8, 4) is 17.0 Å². The lowest BCUT2D eigenvalue weighted by atomic mass is 10.0. The zero-order valence-corrected chi connectivity index (χ0v) is 20.2. The zero-order valence-electron chi connectivity index (χ0n) is 20.2. The van der Waals surface area contributed by atoms with E-state index < -0.39 is 24.4 Å². The number of fused-ring (bicyclic) bond motifs is 2. The number of carbonyl (C=O) groups is 1. The number of halogens is 4. The number of amides is 1. The first-order chi connectivity index (χ1) is 17.6. The first-order valence-corrected chi connectivity index (χ1v) is 11.6. The first kappa shape index (κ1) is 24.7. The summed E-state index contributed by atoms with van der Waals surface area (Å²) in [6.45, 7) is 2.83. The molecule has 14 heteroatoms. The van der Waals surface area contributed by atoms with Crippen LogP contribution in [0.25, 0.3) is 27.7 Å². The topological polar surface area (TPSA) is 102 Å². The molecule has 1 amide bonds. The summed E-state index contributed by atoms with van der Waals surface area (Å²) in [5.41, 5.74) is 2.26. The van der Waals surface area contributed by atoms with Crippen molar-refractivity contribution in [2.75, 3.05) is 25.5 Å². The first-order valence-electron chi connectivity index (χ1n) is 11.6. The molecule has 4 heterocycles. The number of carbonyl (C=O) groups excluding carboxylic acids is 1. The fraction of sp³-hybridized carbons (Fsp3) is 0.435. The molecule has 0 radical (unpaired) electrons. The summed E-state index contributed by atoms with van der Waals surface area (Å²) >= 11 is 0. The average molecular weight is 520 g/mol. The molecular formula is C23H24F4N8O2. The summed E-state index contributed by atoms with van der Waals surface area (Å²) in [7, 11) is 1.43. The van der Waals surface area contributed by atoms with Crippen LogP contribution in [-0.4, -0.2) is 79.0 Å². The molecule has 1 aromatic carbocycles. The van der Waals surface area contributed by atoms with E-state index in [2.05, 4.69) is 25.7 Å². The van der Waals surface area contributed by atoms with Crippen molar-refractivity contribution >= 4 is 28.4 Å². The molecule has 1 aliphatic rings. The van der Waals surface area contributed by atoms with Crippen LogP contribution in [0.15, 0.2) is 30.5 Å². The van der Waals surface area contributed by atoms with Crippen LogP contribution < -0.4 is 10.1 Å². The molecule has 1 N–H and O–H groups in total. The molecule has 3 atom stereocenters. The Morgan fingerprint density at radius 2 is 2.05 bits per heavy atom. The Balaban J connectivity index is 1.49. The molecule has 37 heavy (non-hydrogen) atoms. The highest BCUT2D eigenvalue weighted by Gasteiger charge is 2.39. The van der Waals surface area contributed by atoms with Crippen LogP contribution in [0.5, 0.6) is 5.88 Å². The summed E-state index contributed by atoms with van der Waals surface area (Å²) in [6, 6.07) is 4.19. The van der Waals surface area contributed by atoms with Gasteiger partial charge in [0.25, 0.3) is 0 Å². The van der Waals surface area contributed by atoms with Crippen LogP contribution in [0.4, 0.5) is 23.5 Å². The van der Waals surface area contributed by atoms with Gasteiger partial charge in [-0.05, 0) is 37.1 Å². The lowest BCUT2D eigenvalue weighted by Gasteiger charge is -2.34. The van der Waals surface area contributed by atoms with Gasteiger partial charge in [-0.3, -0.25) is 4.79 Å². The van der Waals surface area contributed by atoms with Gasteiger partial charge in [0.15, 0.2) is 0 Å². The lowest BCUT2D eigenvalue weighted by molar-refractivity contribution is -0.164. The number of nitrogens with one attached hydrogen (secondary N) is 1. The monoisotopic (exact) mass is 520 g/mol. The van der Waals surface area contributed by atoms with E-state index in [9.17, 15) is 22.4 Å². The largest absolute Gasteiger partial charge is 0.479 e. The van der Waals surface area contributed by atoms with Crippen LogP contribution in [0.3, 0.4) is 0 Å². The van der Waals surface area contributed by atoms with Crippen molar-refractivity contribution < 1.29 is 27.1 Å². The summed E-state index contributed by atoms with van der Waals surface area (Å²) in [5.74, 6) is 0.168. The van der Waals surface area contributed by atoms with Gasteiger partial charge >= 0.3 is 6.18 Å². The Hall–Kier alpha value is -3.97. The predicted molar refractivity (Wildman–Crippen MR) is 126 cm³/mol. The molecule has 3 aromatic heterocycles. The minimum absolute atomic E-state index is 0.0130. The van der Waals surface area contributed by atoms with E-state index >= 15 is 0 Å². The van der Waals surface area contributed by atoms with Crippen molar-refractivity contribution in [2.45, 2.75) is 44.7 Å². The second kappa shape index (κ2) is 9.16. The summed E-state index contributed by atoms with van der Waals surface area (Å²) in [6.07, 6.45) is -3.74. The number of aromatic nitrogens is 6. The fourth-order valence-corrected chi connectivity index (χ4v) is 4.48.